The fourth-order valence-corrected chi connectivity index (χ4v) is 2.38. The second-order valence-corrected chi connectivity index (χ2v) is 5.96. The quantitative estimate of drug-likeness (QED) is 0.723. The molecule has 0 aliphatic rings. The maximum Gasteiger partial charge on any atom is 0.234 e. The van der Waals surface area contributed by atoms with Crippen molar-refractivity contribution in [2.24, 2.45) is 0 Å². The van der Waals surface area contributed by atoms with Crippen molar-refractivity contribution in [3.8, 4) is 0 Å². The molecule has 2 rings (SSSR count). The molecule has 0 aliphatic carbocycles. The molecule has 0 unspecified atom stereocenters. The lowest BCUT2D eigenvalue weighted by molar-refractivity contribution is -0.122. The highest BCUT2D eigenvalue weighted by atomic mass is 16.2. The molecule has 5 heteroatoms. The van der Waals surface area contributed by atoms with Gasteiger partial charge in [-0.3, -0.25) is 14.4 Å². The number of hydrogen-bond acceptors (Lipinski definition) is 3. The molecular formula is C18H26N4O. The summed E-state index contributed by atoms with van der Waals surface area (Å²) in [6.45, 7) is 6.95. The van der Waals surface area contributed by atoms with E-state index in [1.165, 1.54) is 5.56 Å². The summed E-state index contributed by atoms with van der Waals surface area (Å²) >= 11 is 0. The molecule has 0 radical (unpaired) electrons. The summed E-state index contributed by atoms with van der Waals surface area (Å²) in [5, 5.41) is 7.14. The molecule has 1 aromatic carbocycles. The minimum Gasteiger partial charge on any atom is -0.355 e. The Balaban J connectivity index is 1.72. The van der Waals surface area contributed by atoms with Crippen molar-refractivity contribution in [1.29, 1.82) is 0 Å². The molecule has 1 N–H and O–H groups in total. The smallest absolute Gasteiger partial charge is 0.234 e. The van der Waals surface area contributed by atoms with E-state index in [9.17, 15) is 4.79 Å². The van der Waals surface area contributed by atoms with E-state index in [1.807, 2.05) is 35.1 Å². The van der Waals surface area contributed by atoms with Gasteiger partial charge in [-0.25, -0.2) is 0 Å². The van der Waals surface area contributed by atoms with Gasteiger partial charge in [0.1, 0.15) is 0 Å². The molecule has 5 nitrogen and oxygen atoms in total. The Labute approximate surface area is 138 Å². The minimum atomic E-state index is 0.0788. The number of carbonyl (C=O) groups is 1. The predicted molar refractivity (Wildman–Crippen MR) is 91.8 cm³/mol. The molecular weight excluding hydrogens is 288 g/mol. The highest BCUT2D eigenvalue weighted by Crippen LogP contribution is 2.07. The minimum absolute atomic E-state index is 0.0788. The topological polar surface area (TPSA) is 50.2 Å². The summed E-state index contributed by atoms with van der Waals surface area (Å²) in [6.07, 6.45) is 4.58. The summed E-state index contributed by atoms with van der Waals surface area (Å²) < 4.78 is 1.88. The second-order valence-electron chi connectivity index (χ2n) is 5.96. The van der Waals surface area contributed by atoms with Crippen LogP contribution in [0.2, 0.25) is 0 Å². The Kier molecular flexibility index (Phi) is 6.81. The van der Waals surface area contributed by atoms with Crippen LogP contribution in [0.4, 0.5) is 0 Å². The average Bonchev–Trinajstić information content (AvgIpc) is 3.05. The molecule has 0 saturated carbocycles. The van der Waals surface area contributed by atoms with E-state index in [0.29, 0.717) is 19.1 Å². The van der Waals surface area contributed by atoms with Gasteiger partial charge in [-0.05, 0) is 31.9 Å². The Morgan fingerprint density at radius 1 is 1.26 bits per heavy atom. The average molecular weight is 314 g/mol. The molecule has 0 saturated heterocycles. The summed E-state index contributed by atoms with van der Waals surface area (Å²) in [4.78, 5) is 14.3. The maximum absolute atomic E-state index is 12.1. The summed E-state index contributed by atoms with van der Waals surface area (Å²) in [6, 6.07) is 12.5. The van der Waals surface area contributed by atoms with Crippen molar-refractivity contribution in [3.63, 3.8) is 0 Å². The first-order chi connectivity index (χ1) is 11.1. The molecule has 1 aromatic heterocycles. The van der Waals surface area contributed by atoms with Gasteiger partial charge in [0.2, 0.25) is 5.91 Å². The molecule has 0 atom stereocenters. The first-order valence-corrected chi connectivity index (χ1v) is 8.17. The molecule has 0 aliphatic heterocycles. The third kappa shape index (κ3) is 6.24. The molecule has 1 amide bonds. The van der Waals surface area contributed by atoms with Crippen LogP contribution >= 0.6 is 0 Å². The Bertz CT molecular complexity index is 566. The van der Waals surface area contributed by atoms with E-state index in [0.717, 1.165) is 19.5 Å². The number of nitrogens with zero attached hydrogens (tertiary/aromatic N) is 3. The molecule has 1 heterocycles. The van der Waals surface area contributed by atoms with E-state index in [1.54, 1.807) is 6.20 Å². The van der Waals surface area contributed by atoms with Gasteiger partial charge in [0.15, 0.2) is 0 Å². The van der Waals surface area contributed by atoms with Crippen LogP contribution in [-0.2, 0) is 17.9 Å². The molecule has 124 valence electrons. The number of nitrogens with one attached hydrogen (secondary N) is 1. The predicted octanol–water partition coefficient (Wildman–Crippen LogP) is 2.30. The van der Waals surface area contributed by atoms with Crippen LogP contribution in [-0.4, -0.2) is 39.7 Å². The second kappa shape index (κ2) is 9.10. The zero-order chi connectivity index (χ0) is 16.5. The standard InChI is InChI=1S/C18H26N4O/c1-16(2)21(14-17-8-4-3-5-9-17)15-18(23)19-10-6-12-22-13-7-11-20-22/h3-5,7-9,11,13,16H,6,10,12,14-15H2,1-2H3,(H,19,23). The normalized spacial score (nSPS) is 11.1. The van der Waals surface area contributed by atoms with E-state index in [4.69, 9.17) is 0 Å². The Hall–Kier alpha value is -2.14. The van der Waals surface area contributed by atoms with Gasteiger partial charge < -0.3 is 5.32 Å². The van der Waals surface area contributed by atoms with Gasteiger partial charge in [-0.1, -0.05) is 30.3 Å². The summed E-state index contributed by atoms with van der Waals surface area (Å²) in [5.41, 5.74) is 1.23. The van der Waals surface area contributed by atoms with E-state index >= 15 is 0 Å². The van der Waals surface area contributed by atoms with E-state index in [2.05, 4.69) is 41.3 Å². The number of aryl methyl sites for hydroxylation is 1. The van der Waals surface area contributed by atoms with Crippen molar-refractivity contribution >= 4 is 5.91 Å². The van der Waals surface area contributed by atoms with E-state index in [-0.39, 0.29) is 5.91 Å². The Morgan fingerprint density at radius 2 is 2.04 bits per heavy atom. The molecule has 0 bridgehead atoms. The number of aromatic nitrogens is 2. The number of carbonyl (C=O) groups excluding carboxylic acids is 1. The van der Waals surface area contributed by atoms with Gasteiger partial charge in [-0.2, -0.15) is 5.10 Å². The van der Waals surface area contributed by atoms with E-state index < -0.39 is 0 Å². The van der Waals surface area contributed by atoms with Crippen LogP contribution in [0, 0.1) is 0 Å². The third-order valence-corrected chi connectivity index (χ3v) is 3.75. The monoisotopic (exact) mass is 314 g/mol. The SMILES string of the molecule is CC(C)N(CC(=O)NCCCn1cccn1)Cc1ccccc1. The van der Waals surface area contributed by atoms with Gasteiger partial charge in [0.05, 0.1) is 6.54 Å². The van der Waals surface area contributed by atoms with Gasteiger partial charge in [-0.15, -0.1) is 0 Å². The first kappa shape index (κ1) is 17.2. The van der Waals surface area contributed by atoms with Crippen molar-refractivity contribution in [2.45, 2.75) is 39.4 Å². The Morgan fingerprint density at radius 3 is 2.70 bits per heavy atom. The third-order valence-electron chi connectivity index (χ3n) is 3.75. The summed E-state index contributed by atoms with van der Waals surface area (Å²) in [5.74, 6) is 0.0788. The number of amides is 1. The number of benzene rings is 1. The number of rotatable bonds is 9. The van der Waals surface area contributed by atoms with Crippen molar-refractivity contribution in [2.75, 3.05) is 13.1 Å². The van der Waals surface area contributed by atoms with Crippen molar-refractivity contribution in [3.05, 3.63) is 54.4 Å². The largest absolute Gasteiger partial charge is 0.355 e. The maximum atomic E-state index is 12.1. The molecule has 2 aromatic rings. The number of hydrogen-bond donors (Lipinski definition) is 1. The first-order valence-electron chi connectivity index (χ1n) is 8.17. The van der Waals surface area contributed by atoms with Crippen LogP contribution in [0.1, 0.15) is 25.8 Å². The molecule has 0 fully saturated rings. The highest BCUT2D eigenvalue weighted by molar-refractivity contribution is 5.78. The molecule has 0 spiro atoms. The zero-order valence-corrected chi connectivity index (χ0v) is 14.0. The molecule has 23 heavy (non-hydrogen) atoms. The van der Waals surface area contributed by atoms with Crippen molar-refractivity contribution in [1.82, 2.24) is 20.0 Å². The summed E-state index contributed by atoms with van der Waals surface area (Å²) in [7, 11) is 0. The lowest BCUT2D eigenvalue weighted by Crippen LogP contribution is -2.40. The highest BCUT2D eigenvalue weighted by Gasteiger charge is 2.14. The fourth-order valence-electron chi connectivity index (χ4n) is 2.38. The lowest BCUT2D eigenvalue weighted by Gasteiger charge is -2.25. The van der Waals surface area contributed by atoms with Crippen LogP contribution in [0.3, 0.4) is 0 Å². The van der Waals surface area contributed by atoms with Crippen LogP contribution < -0.4 is 5.32 Å². The van der Waals surface area contributed by atoms with Crippen LogP contribution in [0.25, 0.3) is 0 Å². The van der Waals surface area contributed by atoms with Crippen molar-refractivity contribution < 1.29 is 4.79 Å². The van der Waals surface area contributed by atoms with Crippen LogP contribution in [0.5, 0.6) is 0 Å². The fraction of sp³-hybridized carbons (Fsp3) is 0.444. The van der Waals surface area contributed by atoms with Gasteiger partial charge in [0.25, 0.3) is 0 Å². The van der Waals surface area contributed by atoms with Gasteiger partial charge in [0, 0.05) is 38.1 Å². The zero-order valence-electron chi connectivity index (χ0n) is 14.0. The van der Waals surface area contributed by atoms with Gasteiger partial charge >= 0.3 is 0 Å². The van der Waals surface area contributed by atoms with Crippen LogP contribution in [0.15, 0.2) is 48.8 Å². The lowest BCUT2D eigenvalue weighted by atomic mass is 10.2.